The molecule has 0 bridgehead atoms. The summed E-state index contributed by atoms with van der Waals surface area (Å²) in [5.74, 6) is 0.117. The minimum absolute atomic E-state index is 0.117. The molecule has 0 aromatic carbocycles. The SMILES string of the molecule is CCCNC1CCC(N2CCC(NC(C)=O)CC2)CC1. The maximum Gasteiger partial charge on any atom is 0.217 e. The molecule has 0 radical (unpaired) electrons. The highest BCUT2D eigenvalue weighted by Crippen LogP contribution is 2.25. The van der Waals surface area contributed by atoms with Gasteiger partial charge in [-0.15, -0.1) is 0 Å². The largest absolute Gasteiger partial charge is 0.354 e. The molecule has 0 spiro atoms. The van der Waals surface area contributed by atoms with Crippen LogP contribution in [0.5, 0.6) is 0 Å². The first kappa shape index (κ1) is 15.8. The van der Waals surface area contributed by atoms with Crippen molar-refractivity contribution < 1.29 is 4.79 Å². The fraction of sp³-hybridized carbons (Fsp3) is 0.938. The van der Waals surface area contributed by atoms with Crippen molar-refractivity contribution in [1.82, 2.24) is 15.5 Å². The summed E-state index contributed by atoms with van der Waals surface area (Å²) >= 11 is 0. The number of carbonyl (C=O) groups is 1. The quantitative estimate of drug-likeness (QED) is 0.809. The van der Waals surface area contributed by atoms with E-state index in [2.05, 4.69) is 22.5 Å². The Balaban J connectivity index is 1.66. The molecule has 1 amide bonds. The number of hydrogen-bond acceptors (Lipinski definition) is 3. The number of carbonyl (C=O) groups excluding carboxylic acids is 1. The van der Waals surface area contributed by atoms with E-state index in [1.54, 1.807) is 6.92 Å². The Bertz CT molecular complexity index is 292. The summed E-state index contributed by atoms with van der Waals surface area (Å²) in [5.41, 5.74) is 0. The van der Waals surface area contributed by atoms with Gasteiger partial charge in [0.25, 0.3) is 0 Å². The topological polar surface area (TPSA) is 44.4 Å². The highest BCUT2D eigenvalue weighted by atomic mass is 16.1. The Labute approximate surface area is 123 Å². The van der Waals surface area contributed by atoms with Gasteiger partial charge in [0, 0.05) is 38.1 Å². The highest BCUT2D eigenvalue weighted by Gasteiger charge is 2.28. The van der Waals surface area contributed by atoms with E-state index in [4.69, 9.17) is 0 Å². The molecule has 4 heteroatoms. The van der Waals surface area contributed by atoms with Crippen LogP contribution in [0.2, 0.25) is 0 Å². The minimum atomic E-state index is 0.117. The zero-order valence-corrected chi connectivity index (χ0v) is 13.2. The summed E-state index contributed by atoms with van der Waals surface area (Å²) in [6.45, 7) is 7.33. The van der Waals surface area contributed by atoms with Gasteiger partial charge in [-0.3, -0.25) is 4.79 Å². The second-order valence-electron chi connectivity index (χ2n) is 6.47. The molecule has 2 rings (SSSR count). The van der Waals surface area contributed by atoms with Crippen molar-refractivity contribution in [2.45, 2.75) is 76.9 Å². The van der Waals surface area contributed by atoms with Crippen LogP contribution >= 0.6 is 0 Å². The zero-order valence-electron chi connectivity index (χ0n) is 13.2. The number of amides is 1. The van der Waals surface area contributed by atoms with Gasteiger partial charge >= 0.3 is 0 Å². The van der Waals surface area contributed by atoms with Crippen LogP contribution in [0.1, 0.15) is 58.8 Å². The second-order valence-corrected chi connectivity index (χ2v) is 6.47. The summed E-state index contributed by atoms with van der Waals surface area (Å²) in [5, 5.41) is 6.72. The fourth-order valence-electron chi connectivity index (χ4n) is 3.69. The Kier molecular flexibility index (Phi) is 6.30. The van der Waals surface area contributed by atoms with E-state index >= 15 is 0 Å². The number of likely N-dealkylation sites (tertiary alicyclic amines) is 1. The van der Waals surface area contributed by atoms with Crippen LogP contribution in [0.4, 0.5) is 0 Å². The lowest BCUT2D eigenvalue weighted by atomic mass is 9.88. The van der Waals surface area contributed by atoms with Crippen molar-refractivity contribution in [1.29, 1.82) is 0 Å². The number of nitrogens with one attached hydrogen (secondary N) is 2. The van der Waals surface area contributed by atoms with Crippen LogP contribution in [0.15, 0.2) is 0 Å². The van der Waals surface area contributed by atoms with Crippen molar-refractivity contribution >= 4 is 5.91 Å². The van der Waals surface area contributed by atoms with Gasteiger partial charge in [0.05, 0.1) is 0 Å². The molecule has 0 atom stereocenters. The minimum Gasteiger partial charge on any atom is -0.354 e. The average Bonchev–Trinajstić information content (AvgIpc) is 2.46. The molecular weight excluding hydrogens is 250 g/mol. The highest BCUT2D eigenvalue weighted by molar-refractivity contribution is 5.73. The predicted octanol–water partition coefficient (Wildman–Crippen LogP) is 1.90. The molecule has 2 N–H and O–H groups in total. The molecule has 0 aromatic heterocycles. The first-order chi connectivity index (χ1) is 9.69. The molecule has 0 unspecified atom stereocenters. The van der Waals surface area contributed by atoms with Crippen molar-refractivity contribution in [2.24, 2.45) is 0 Å². The van der Waals surface area contributed by atoms with Crippen LogP contribution in [0.25, 0.3) is 0 Å². The summed E-state index contributed by atoms with van der Waals surface area (Å²) in [6.07, 6.45) is 8.81. The van der Waals surface area contributed by atoms with Gasteiger partial charge in [0.1, 0.15) is 0 Å². The maximum atomic E-state index is 11.1. The number of rotatable bonds is 5. The summed E-state index contributed by atoms with van der Waals surface area (Å²) in [6, 6.07) is 1.95. The molecule has 0 aromatic rings. The van der Waals surface area contributed by atoms with Crippen LogP contribution in [-0.4, -0.2) is 48.6 Å². The Morgan fingerprint density at radius 3 is 2.25 bits per heavy atom. The third-order valence-corrected chi connectivity index (χ3v) is 4.83. The molecule has 1 heterocycles. The fourth-order valence-corrected chi connectivity index (χ4v) is 3.69. The molecule has 2 aliphatic rings. The van der Waals surface area contributed by atoms with Gasteiger partial charge in [-0.2, -0.15) is 0 Å². The lowest BCUT2D eigenvalue weighted by Gasteiger charge is -2.41. The summed E-state index contributed by atoms with van der Waals surface area (Å²) in [7, 11) is 0. The third kappa shape index (κ3) is 4.74. The van der Waals surface area contributed by atoms with E-state index in [1.165, 1.54) is 32.1 Å². The van der Waals surface area contributed by atoms with Crippen LogP contribution in [-0.2, 0) is 4.79 Å². The zero-order chi connectivity index (χ0) is 14.4. The Morgan fingerprint density at radius 1 is 1.05 bits per heavy atom. The Hall–Kier alpha value is -0.610. The van der Waals surface area contributed by atoms with Gasteiger partial charge in [-0.25, -0.2) is 0 Å². The molecule has 116 valence electrons. The van der Waals surface area contributed by atoms with E-state index in [9.17, 15) is 4.79 Å². The smallest absolute Gasteiger partial charge is 0.217 e. The number of piperidine rings is 1. The lowest BCUT2D eigenvalue weighted by molar-refractivity contribution is -0.120. The first-order valence-electron chi connectivity index (χ1n) is 8.43. The van der Waals surface area contributed by atoms with Gasteiger partial charge in [-0.05, 0) is 51.5 Å². The van der Waals surface area contributed by atoms with Gasteiger partial charge in [-0.1, -0.05) is 6.92 Å². The third-order valence-electron chi connectivity index (χ3n) is 4.83. The van der Waals surface area contributed by atoms with Crippen LogP contribution < -0.4 is 10.6 Å². The lowest BCUT2D eigenvalue weighted by Crippen LogP contribution is -2.49. The van der Waals surface area contributed by atoms with Crippen molar-refractivity contribution in [3.05, 3.63) is 0 Å². The van der Waals surface area contributed by atoms with Crippen LogP contribution in [0, 0.1) is 0 Å². The summed E-state index contributed by atoms with van der Waals surface area (Å²) < 4.78 is 0. The molecule has 20 heavy (non-hydrogen) atoms. The van der Waals surface area contributed by atoms with Crippen molar-refractivity contribution in [3.63, 3.8) is 0 Å². The second kappa shape index (κ2) is 7.99. The number of hydrogen-bond donors (Lipinski definition) is 2. The molecule has 2 fully saturated rings. The van der Waals surface area contributed by atoms with E-state index in [-0.39, 0.29) is 5.91 Å². The molecular formula is C16H31N3O. The molecule has 1 aliphatic carbocycles. The van der Waals surface area contributed by atoms with Gasteiger partial charge in [0.15, 0.2) is 0 Å². The van der Waals surface area contributed by atoms with Gasteiger partial charge < -0.3 is 15.5 Å². The van der Waals surface area contributed by atoms with Crippen LogP contribution in [0.3, 0.4) is 0 Å². The first-order valence-corrected chi connectivity index (χ1v) is 8.43. The van der Waals surface area contributed by atoms with E-state index in [0.29, 0.717) is 6.04 Å². The van der Waals surface area contributed by atoms with Crippen molar-refractivity contribution in [3.8, 4) is 0 Å². The van der Waals surface area contributed by atoms with E-state index < -0.39 is 0 Å². The standard InChI is InChI=1S/C16H31N3O/c1-3-10-17-14-4-6-16(7-5-14)19-11-8-15(9-12-19)18-13(2)20/h14-17H,3-12H2,1-2H3,(H,18,20). The Morgan fingerprint density at radius 2 is 1.70 bits per heavy atom. The summed E-state index contributed by atoms with van der Waals surface area (Å²) in [4.78, 5) is 13.7. The molecule has 1 aliphatic heterocycles. The molecule has 4 nitrogen and oxygen atoms in total. The van der Waals surface area contributed by atoms with Gasteiger partial charge in [0.2, 0.25) is 5.91 Å². The van der Waals surface area contributed by atoms with E-state index in [1.807, 2.05) is 0 Å². The molecule has 1 saturated heterocycles. The maximum absolute atomic E-state index is 11.1. The van der Waals surface area contributed by atoms with E-state index in [0.717, 1.165) is 44.6 Å². The monoisotopic (exact) mass is 281 g/mol. The predicted molar refractivity (Wildman–Crippen MR) is 82.7 cm³/mol. The van der Waals surface area contributed by atoms with Crippen molar-refractivity contribution in [2.75, 3.05) is 19.6 Å². The average molecular weight is 281 g/mol. The molecule has 1 saturated carbocycles. The normalized spacial score (nSPS) is 29.3. The number of nitrogens with zero attached hydrogens (tertiary/aromatic N) is 1.